The first-order valence-electron chi connectivity index (χ1n) is 5.88. The number of nitrogen functional groups attached to an aromatic ring is 1. The topological polar surface area (TPSA) is 96.1 Å². The highest BCUT2D eigenvalue weighted by molar-refractivity contribution is 5.46. The molecule has 5 N–H and O–H groups in total. The standard InChI is InChI=1S/C11H21N5O/c1-3-4-9-14-10(5-11(15-9)16-12)13-6-8(2)7-17/h5,8,17H,3-4,6-7,12H2,1-2H3,(H2,13,14,15,16). The molecule has 0 saturated heterocycles. The van der Waals surface area contributed by atoms with Crippen molar-refractivity contribution in [3.8, 4) is 0 Å². The molecule has 0 aliphatic heterocycles. The van der Waals surface area contributed by atoms with E-state index in [1.165, 1.54) is 0 Å². The molecule has 17 heavy (non-hydrogen) atoms. The van der Waals surface area contributed by atoms with Gasteiger partial charge in [0.2, 0.25) is 0 Å². The van der Waals surface area contributed by atoms with Crippen LogP contribution in [0.5, 0.6) is 0 Å². The van der Waals surface area contributed by atoms with Crippen molar-refractivity contribution in [2.45, 2.75) is 26.7 Å². The number of hydrazine groups is 1. The fourth-order valence-corrected chi connectivity index (χ4v) is 1.34. The number of hydrogen-bond donors (Lipinski definition) is 4. The zero-order valence-electron chi connectivity index (χ0n) is 10.4. The predicted molar refractivity (Wildman–Crippen MR) is 68.6 cm³/mol. The Kier molecular flexibility index (Phi) is 5.65. The number of aromatic nitrogens is 2. The van der Waals surface area contributed by atoms with E-state index in [0.29, 0.717) is 12.4 Å². The van der Waals surface area contributed by atoms with Gasteiger partial charge in [-0.25, -0.2) is 15.8 Å². The molecule has 0 fully saturated rings. The van der Waals surface area contributed by atoms with E-state index in [9.17, 15) is 0 Å². The summed E-state index contributed by atoms with van der Waals surface area (Å²) in [6.45, 7) is 4.86. The van der Waals surface area contributed by atoms with Gasteiger partial charge in [0.15, 0.2) is 0 Å². The van der Waals surface area contributed by atoms with Crippen LogP contribution >= 0.6 is 0 Å². The third-order valence-corrected chi connectivity index (χ3v) is 2.34. The van der Waals surface area contributed by atoms with Gasteiger partial charge in [0, 0.05) is 25.6 Å². The minimum Gasteiger partial charge on any atom is -0.396 e. The van der Waals surface area contributed by atoms with E-state index in [1.807, 2.05) is 6.92 Å². The van der Waals surface area contributed by atoms with Crippen molar-refractivity contribution in [3.63, 3.8) is 0 Å². The Hall–Kier alpha value is -1.40. The molecular formula is C11H21N5O. The maximum atomic E-state index is 8.95. The van der Waals surface area contributed by atoms with E-state index in [1.54, 1.807) is 6.07 Å². The van der Waals surface area contributed by atoms with Crippen LogP contribution in [0.15, 0.2) is 6.07 Å². The molecule has 0 aromatic carbocycles. The van der Waals surface area contributed by atoms with Crippen molar-refractivity contribution in [3.05, 3.63) is 11.9 Å². The summed E-state index contributed by atoms with van der Waals surface area (Å²) in [6, 6.07) is 1.75. The average Bonchev–Trinajstić information content (AvgIpc) is 2.36. The van der Waals surface area contributed by atoms with Gasteiger partial charge in [-0.05, 0) is 12.3 Å². The molecule has 0 aliphatic rings. The second-order valence-electron chi connectivity index (χ2n) is 4.12. The van der Waals surface area contributed by atoms with Gasteiger partial charge in [0.1, 0.15) is 17.5 Å². The van der Waals surface area contributed by atoms with Crippen LogP contribution in [-0.4, -0.2) is 28.2 Å². The maximum Gasteiger partial charge on any atom is 0.145 e. The van der Waals surface area contributed by atoms with Gasteiger partial charge in [-0.15, -0.1) is 0 Å². The first-order valence-corrected chi connectivity index (χ1v) is 5.88. The van der Waals surface area contributed by atoms with E-state index < -0.39 is 0 Å². The molecule has 1 heterocycles. The number of aryl methyl sites for hydroxylation is 1. The largest absolute Gasteiger partial charge is 0.396 e. The summed E-state index contributed by atoms with van der Waals surface area (Å²) >= 11 is 0. The lowest BCUT2D eigenvalue weighted by Gasteiger charge is -2.12. The van der Waals surface area contributed by atoms with Crippen molar-refractivity contribution in [1.82, 2.24) is 9.97 Å². The summed E-state index contributed by atoms with van der Waals surface area (Å²) in [4.78, 5) is 8.63. The van der Waals surface area contributed by atoms with Gasteiger partial charge in [0.05, 0.1) is 0 Å². The minimum absolute atomic E-state index is 0.155. The van der Waals surface area contributed by atoms with Crippen molar-refractivity contribution < 1.29 is 5.11 Å². The molecule has 1 unspecified atom stereocenters. The van der Waals surface area contributed by atoms with Crippen molar-refractivity contribution in [2.75, 3.05) is 23.9 Å². The lowest BCUT2D eigenvalue weighted by Crippen LogP contribution is -2.17. The molecule has 96 valence electrons. The predicted octanol–water partition coefficient (Wildman–Crippen LogP) is 0.755. The Bertz CT molecular complexity index is 345. The number of aliphatic hydroxyl groups is 1. The summed E-state index contributed by atoms with van der Waals surface area (Å²) in [7, 11) is 0. The van der Waals surface area contributed by atoms with Crippen molar-refractivity contribution in [2.24, 2.45) is 11.8 Å². The van der Waals surface area contributed by atoms with E-state index in [0.717, 1.165) is 24.5 Å². The SMILES string of the molecule is CCCc1nc(NN)cc(NCC(C)CO)n1. The number of nitrogens with zero attached hydrogens (tertiary/aromatic N) is 2. The second kappa shape index (κ2) is 7.03. The Morgan fingerprint density at radius 3 is 2.71 bits per heavy atom. The minimum atomic E-state index is 0.155. The first-order chi connectivity index (χ1) is 8.19. The Morgan fingerprint density at radius 2 is 2.12 bits per heavy atom. The van der Waals surface area contributed by atoms with E-state index in [2.05, 4.69) is 27.6 Å². The van der Waals surface area contributed by atoms with Crippen LogP contribution < -0.4 is 16.6 Å². The molecule has 0 bridgehead atoms. The van der Waals surface area contributed by atoms with Crippen LogP contribution in [0.1, 0.15) is 26.1 Å². The Labute approximate surface area is 102 Å². The number of nitrogens with one attached hydrogen (secondary N) is 2. The smallest absolute Gasteiger partial charge is 0.145 e. The number of anilines is 2. The summed E-state index contributed by atoms with van der Waals surface area (Å²) < 4.78 is 0. The van der Waals surface area contributed by atoms with Crippen LogP contribution in [0.4, 0.5) is 11.6 Å². The number of hydrogen-bond acceptors (Lipinski definition) is 6. The van der Waals surface area contributed by atoms with Gasteiger partial charge in [0.25, 0.3) is 0 Å². The van der Waals surface area contributed by atoms with Crippen LogP contribution in [0, 0.1) is 5.92 Å². The average molecular weight is 239 g/mol. The third-order valence-electron chi connectivity index (χ3n) is 2.34. The molecule has 1 aromatic rings. The van der Waals surface area contributed by atoms with Crippen LogP contribution in [-0.2, 0) is 6.42 Å². The normalized spacial score (nSPS) is 12.2. The molecule has 6 nitrogen and oxygen atoms in total. The lowest BCUT2D eigenvalue weighted by molar-refractivity contribution is 0.244. The highest BCUT2D eigenvalue weighted by Gasteiger charge is 2.05. The summed E-state index contributed by atoms with van der Waals surface area (Å²) in [5.41, 5.74) is 2.53. The van der Waals surface area contributed by atoms with Gasteiger partial charge >= 0.3 is 0 Å². The van der Waals surface area contributed by atoms with Crippen molar-refractivity contribution >= 4 is 11.6 Å². The monoisotopic (exact) mass is 239 g/mol. The third kappa shape index (κ3) is 4.54. The summed E-state index contributed by atoms with van der Waals surface area (Å²) in [6.07, 6.45) is 1.81. The first kappa shape index (κ1) is 13.7. The van der Waals surface area contributed by atoms with E-state index >= 15 is 0 Å². The highest BCUT2D eigenvalue weighted by atomic mass is 16.3. The van der Waals surface area contributed by atoms with Crippen LogP contribution in [0.25, 0.3) is 0 Å². The molecule has 6 heteroatoms. The molecule has 1 rings (SSSR count). The Balaban J connectivity index is 2.72. The number of aliphatic hydroxyl groups excluding tert-OH is 1. The number of nitrogens with two attached hydrogens (primary N) is 1. The lowest BCUT2D eigenvalue weighted by atomic mass is 10.2. The summed E-state index contributed by atoms with van der Waals surface area (Å²) in [5, 5.41) is 12.1. The fraction of sp³-hybridized carbons (Fsp3) is 0.636. The second-order valence-corrected chi connectivity index (χ2v) is 4.12. The highest BCUT2D eigenvalue weighted by Crippen LogP contribution is 2.12. The molecule has 0 spiro atoms. The maximum absolute atomic E-state index is 8.95. The van der Waals surface area contributed by atoms with Gasteiger partial charge in [-0.1, -0.05) is 13.8 Å². The van der Waals surface area contributed by atoms with Crippen LogP contribution in [0.3, 0.4) is 0 Å². The molecule has 0 radical (unpaired) electrons. The van der Waals surface area contributed by atoms with E-state index in [4.69, 9.17) is 10.9 Å². The van der Waals surface area contributed by atoms with Gasteiger partial charge in [-0.2, -0.15) is 0 Å². The number of rotatable bonds is 7. The quantitative estimate of drug-likeness (QED) is 0.414. The molecule has 1 aromatic heterocycles. The van der Waals surface area contributed by atoms with E-state index in [-0.39, 0.29) is 12.5 Å². The molecule has 1 atom stereocenters. The van der Waals surface area contributed by atoms with Crippen LogP contribution in [0.2, 0.25) is 0 Å². The zero-order chi connectivity index (χ0) is 12.7. The molecule has 0 aliphatic carbocycles. The fourth-order valence-electron chi connectivity index (χ4n) is 1.34. The van der Waals surface area contributed by atoms with Gasteiger partial charge < -0.3 is 15.8 Å². The molecular weight excluding hydrogens is 218 g/mol. The Morgan fingerprint density at radius 1 is 1.41 bits per heavy atom. The zero-order valence-corrected chi connectivity index (χ0v) is 10.4. The molecule has 0 amide bonds. The summed E-state index contributed by atoms with van der Waals surface area (Å²) in [5.74, 6) is 7.65. The van der Waals surface area contributed by atoms with Gasteiger partial charge in [-0.3, -0.25) is 0 Å². The molecule has 0 saturated carbocycles. The van der Waals surface area contributed by atoms with Crippen molar-refractivity contribution in [1.29, 1.82) is 0 Å².